The summed E-state index contributed by atoms with van der Waals surface area (Å²) in [4.78, 5) is -0.259. The van der Waals surface area contributed by atoms with Gasteiger partial charge < -0.3 is 4.74 Å². The van der Waals surface area contributed by atoms with Gasteiger partial charge in [0.2, 0.25) is 19.9 Å². The highest BCUT2D eigenvalue weighted by atomic mass is 32.2. The summed E-state index contributed by atoms with van der Waals surface area (Å²) in [5.41, 5.74) is 0.565. The zero-order valence-electron chi connectivity index (χ0n) is 16.8. The molecule has 0 amide bonds. The number of hydrogen-bond acceptors (Lipinski definition) is 5. The van der Waals surface area contributed by atoms with E-state index in [2.05, 4.69) is 4.72 Å². The average molecular weight is 456 g/mol. The lowest BCUT2D eigenvalue weighted by Gasteiger charge is -2.22. The Morgan fingerprint density at radius 1 is 1.00 bits per heavy atom. The van der Waals surface area contributed by atoms with Gasteiger partial charge in [0.05, 0.1) is 14.7 Å². The topological polar surface area (TPSA) is 89.5 Å². The van der Waals surface area contributed by atoms with Crippen LogP contribution in [0.2, 0.25) is 0 Å². The molecule has 164 valence electrons. The molecule has 0 saturated carbocycles. The van der Waals surface area contributed by atoms with Crippen molar-refractivity contribution in [2.45, 2.75) is 47.3 Å². The molecule has 0 aromatic heterocycles. The first-order valence-corrected chi connectivity index (χ1v) is 12.9. The Bertz CT molecular complexity index is 1080. The molecule has 0 atom stereocenters. The molecule has 1 fully saturated rings. The molecule has 1 aliphatic rings. The lowest BCUT2D eigenvalue weighted by Crippen LogP contribution is -2.32. The normalized spacial score (nSPS) is 15.9. The second kappa shape index (κ2) is 9.55. The van der Waals surface area contributed by atoms with Crippen LogP contribution < -0.4 is 4.72 Å². The first-order valence-electron chi connectivity index (χ1n) is 9.95. The Labute approximate surface area is 177 Å². The van der Waals surface area contributed by atoms with Crippen LogP contribution in [0.5, 0.6) is 0 Å². The molecule has 1 saturated heterocycles. The van der Waals surface area contributed by atoms with Gasteiger partial charge in [0.25, 0.3) is 0 Å². The van der Waals surface area contributed by atoms with Crippen molar-refractivity contribution in [1.82, 2.24) is 4.72 Å². The van der Waals surface area contributed by atoms with Crippen molar-refractivity contribution in [3.05, 3.63) is 53.8 Å². The molecule has 9 heteroatoms. The summed E-state index contributed by atoms with van der Waals surface area (Å²) in [5, 5.41) is 0. The van der Waals surface area contributed by atoms with Crippen LogP contribution in [0.4, 0.5) is 4.39 Å². The van der Waals surface area contributed by atoms with E-state index in [0.29, 0.717) is 31.6 Å². The van der Waals surface area contributed by atoms with Gasteiger partial charge >= 0.3 is 0 Å². The quantitative estimate of drug-likeness (QED) is 0.617. The van der Waals surface area contributed by atoms with E-state index in [-0.39, 0.29) is 27.1 Å². The summed E-state index contributed by atoms with van der Waals surface area (Å²) in [6.07, 6.45) is 2.78. The third kappa shape index (κ3) is 5.26. The van der Waals surface area contributed by atoms with Crippen LogP contribution in [0, 0.1) is 11.7 Å². The van der Waals surface area contributed by atoms with E-state index >= 15 is 0 Å². The Hall–Kier alpha value is -1.81. The molecule has 2 aromatic carbocycles. The van der Waals surface area contributed by atoms with E-state index in [1.807, 2.05) is 6.92 Å². The van der Waals surface area contributed by atoms with E-state index in [0.717, 1.165) is 25.0 Å². The highest BCUT2D eigenvalue weighted by Crippen LogP contribution is 2.27. The van der Waals surface area contributed by atoms with Crippen LogP contribution in [0.15, 0.2) is 57.2 Å². The van der Waals surface area contributed by atoms with Crippen molar-refractivity contribution in [3.8, 4) is 0 Å². The van der Waals surface area contributed by atoms with Crippen molar-refractivity contribution in [2.24, 2.45) is 5.92 Å². The maximum Gasteiger partial charge on any atom is 0.240 e. The molecule has 6 nitrogen and oxygen atoms in total. The van der Waals surface area contributed by atoms with Crippen molar-refractivity contribution < 1.29 is 26.0 Å². The lowest BCUT2D eigenvalue weighted by molar-refractivity contribution is 0.0678. The number of aryl methyl sites for hydroxylation is 1. The molecule has 1 heterocycles. The van der Waals surface area contributed by atoms with Gasteiger partial charge in [0.15, 0.2) is 0 Å². The molecule has 30 heavy (non-hydrogen) atoms. The fraction of sp³-hybridized carbons (Fsp3) is 0.429. The SMILES string of the molecule is CCCc1ccc(S(=O)(=O)c2ccc(F)cc2)cc1S(=O)(=O)NCC1CCOCC1. The van der Waals surface area contributed by atoms with Crippen molar-refractivity contribution in [2.75, 3.05) is 19.8 Å². The van der Waals surface area contributed by atoms with Gasteiger partial charge in [-0.1, -0.05) is 19.4 Å². The summed E-state index contributed by atoms with van der Waals surface area (Å²) < 4.78 is 73.1. The van der Waals surface area contributed by atoms with Gasteiger partial charge in [0.1, 0.15) is 5.82 Å². The summed E-state index contributed by atoms with van der Waals surface area (Å²) in [6, 6.07) is 8.61. The maximum absolute atomic E-state index is 13.2. The Morgan fingerprint density at radius 2 is 1.63 bits per heavy atom. The van der Waals surface area contributed by atoms with Crippen molar-refractivity contribution in [1.29, 1.82) is 0 Å². The lowest BCUT2D eigenvalue weighted by atomic mass is 10.0. The highest BCUT2D eigenvalue weighted by Gasteiger charge is 2.25. The third-order valence-electron chi connectivity index (χ3n) is 5.18. The van der Waals surface area contributed by atoms with E-state index < -0.39 is 25.7 Å². The van der Waals surface area contributed by atoms with Gasteiger partial charge in [-0.25, -0.2) is 25.9 Å². The predicted molar refractivity (Wildman–Crippen MR) is 111 cm³/mol. The molecule has 2 aromatic rings. The molecular formula is C21H26FNO5S2. The summed E-state index contributed by atoms with van der Waals surface area (Å²) >= 11 is 0. The fourth-order valence-electron chi connectivity index (χ4n) is 3.43. The van der Waals surface area contributed by atoms with Crippen LogP contribution >= 0.6 is 0 Å². The summed E-state index contributed by atoms with van der Waals surface area (Å²) in [5.74, 6) is -0.359. The average Bonchev–Trinajstić information content (AvgIpc) is 2.74. The monoisotopic (exact) mass is 455 g/mol. The number of hydrogen-bond donors (Lipinski definition) is 1. The molecule has 1 aliphatic heterocycles. The molecule has 0 bridgehead atoms. The first kappa shape index (κ1) is 22.9. The standard InChI is InChI=1S/C21H26FNO5S2/c1-2-3-17-4-7-20(29(24,25)19-8-5-18(22)6-9-19)14-21(17)30(26,27)23-15-16-10-12-28-13-11-16/h4-9,14,16,23H,2-3,10-13,15H2,1H3. The largest absolute Gasteiger partial charge is 0.381 e. The molecule has 0 spiro atoms. The number of nitrogens with one attached hydrogen (secondary N) is 1. The fourth-order valence-corrected chi connectivity index (χ4v) is 6.20. The van der Waals surface area contributed by atoms with Gasteiger partial charge in [-0.05, 0) is 67.1 Å². The van der Waals surface area contributed by atoms with Crippen molar-refractivity contribution >= 4 is 19.9 Å². The smallest absolute Gasteiger partial charge is 0.240 e. The Balaban J connectivity index is 1.94. The molecule has 0 unspecified atom stereocenters. The maximum atomic E-state index is 13.2. The van der Waals surface area contributed by atoms with E-state index in [9.17, 15) is 21.2 Å². The van der Waals surface area contributed by atoms with Crippen LogP contribution in [-0.2, 0) is 31.0 Å². The minimum Gasteiger partial charge on any atom is -0.381 e. The number of sulfonamides is 1. The minimum atomic E-state index is -3.98. The van der Waals surface area contributed by atoms with Gasteiger partial charge in [0, 0.05) is 19.8 Å². The molecule has 3 rings (SSSR count). The van der Waals surface area contributed by atoms with Gasteiger partial charge in [-0.15, -0.1) is 0 Å². The second-order valence-corrected chi connectivity index (χ2v) is 11.1. The number of sulfone groups is 1. The van der Waals surface area contributed by atoms with Crippen LogP contribution in [0.3, 0.4) is 0 Å². The van der Waals surface area contributed by atoms with Crippen LogP contribution in [0.25, 0.3) is 0 Å². The Morgan fingerprint density at radius 3 is 2.27 bits per heavy atom. The predicted octanol–water partition coefficient (Wildman–Crippen LogP) is 3.32. The van der Waals surface area contributed by atoms with Crippen molar-refractivity contribution in [3.63, 3.8) is 0 Å². The van der Waals surface area contributed by atoms with Crippen LogP contribution in [0.1, 0.15) is 31.7 Å². The zero-order chi connectivity index (χ0) is 21.8. The second-order valence-electron chi connectivity index (χ2n) is 7.38. The number of benzene rings is 2. The van der Waals surface area contributed by atoms with Gasteiger partial charge in [-0.2, -0.15) is 0 Å². The number of halogens is 1. The molecule has 0 radical (unpaired) electrons. The Kier molecular flexibility index (Phi) is 7.28. The molecular weight excluding hydrogens is 429 g/mol. The first-order chi connectivity index (χ1) is 14.2. The van der Waals surface area contributed by atoms with Crippen LogP contribution in [-0.4, -0.2) is 36.6 Å². The number of rotatable bonds is 8. The zero-order valence-corrected chi connectivity index (χ0v) is 18.4. The summed E-state index contributed by atoms with van der Waals surface area (Å²) in [7, 11) is -7.88. The van der Waals surface area contributed by atoms with Gasteiger partial charge in [-0.3, -0.25) is 0 Å². The summed E-state index contributed by atoms with van der Waals surface area (Å²) in [6.45, 7) is 3.43. The molecule has 0 aliphatic carbocycles. The van der Waals surface area contributed by atoms with E-state index in [1.54, 1.807) is 6.07 Å². The highest BCUT2D eigenvalue weighted by molar-refractivity contribution is 7.91. The minimum absolute atomic E-state index is 0.0282. The molecule has 1 N–H and O–H groups in total. The number of ether oxygens (including phenoxy) is 1. The van der Waals surface area contributed by atoms with E-state index in [4.69, 9.17) is 4.74 Å². The third-order valence-corrected chi connectivity index (χ3v) is 8.46. The van der Waals surface area contributed by atoms with E-state index in [1.165, 1.54) is 24.3 Å².